The van der Waals surface area contributed by atoms with Crippen LogP contribution in [0.15, 0.2) is 54.6 Å². The van der Waals surface area contributed by atoms with Crippen molar-refractivity contribution in [3.8, 4) is 23.1 Å². The summed E-state index contributed by atoms with van der Waals surface area (Å²) in [6.45, 7) is 2.55. The zero-order valence-corrected chi connectivity index (χ0v) is 20.1. The first-order chi connectivity index (χ1) is 17.0. The van der Waals surface area contributed by atoms with Crippen molar-refractivity contribution in [1.82, 2.24) is 14.5 Å². The number of aromatic nitrogens is 2. The molecule has 1 aromatic heterocycles. The van der Waals surface area contributed by atoms with E-state index in [0.29, 0.717) is 34.7 Å². The molecule has 2 aromatic carbocycles. The molecule has 190 valence electrons. The molecule has 0 spiro atoms. The van der Waals surface area contributed by atoms with Crippen LogP contribution in [-0.4, -0.2) is 43.3 Å². The molecule has 0 radical (unpaired) electrons. The zero-order chi connectivity index (χ0) is 26.0. The second-order valence-corrected chi connectivity index (χ2v) is 10.1. The summed E-state index contributed by atoms with van der Waals surface area (Å²) in [6.07, 6.45) is -4.86. The first-order valence-electron chi connectivity index (χ1n) is 11.0. The summed E-state index contributed by atoms with van der Waals surface area (Å²) in [5, 5.41) is 13.5. The number of rotatable bonds is 9. The van der Waals surface area contributed by atoms with Gasteiger partial charge in [-0.15, -0.1) is 0 Å². The fourth-order valence-electron chi connectivity index (χ4n) is 3.89. The maximum absolute atomic E-state index is 12.7. The van der Waals surface area contributed by atoms with E-state index in [2.05, 4.69) is 9.82 Å². The molecule has 12 heteroatoms. The van der Waals surface area contributed by atoms with Gasteiger partial charge in [0.2, 0.25) is 10.0 Å². The summed E-state index contributed by atoms with van der Waals surface area (Å²) in [6, 6.07) is 17.4. The van der Waals surface area contributed by atoms with Gasteiger partial charge in [0, 0.05) is 12.1 Å². The third-order valence-electron chi connectivity index (χ3n) is 5.65. The summed E-state index contributed by atoms with van der Waals surface area (Å²) in [5.74, 6) is -1.37. The number of hydrogen-bond donors (Lipinski definition) is 1. The third kappa shape index (κ3) is 5.87. The van der Waals surface area contributed by atoms with Gasteiger partial charge in [0.1, 0.15) is 17.9 Å². The van der Waals surface area contributed by atoms with E-state index in [-0.39, 0.29) is 19.8 Å². The monoisotopic (exact) mass is 520 g/mol. The van der Waals surface area contributed by atoms with Crippen LogP contribution in [0.5, 0.6) is 5.75 Å². The minimum absolute atomic E-state index is 0.0827. The molecule has 1 N–H and O–H groups in total. The lowest BCUT2D eigenvalue weighted by Gasteiger charge is -2.42. The van der Waals surface area contributed by atoms with Crippen molar-refractivity contribution < 1.29 is 31.1 Å². The molecular formula is C24H23F3N4O4S. The van der Waals surface area contributed by atoms with E-state index in [4.69, 9.17) is 14.7 Å². The van der Waals surface area contributed by atoms with Crippen LogP contribution in [0.1, 0.15) is 23.7 Å². The quantitative estimate of drug-likeness (QED) is 0.461. The highest BCUT2D eigenvalue weighted by Crippen LogP contribution is 2.34. The lowest BCUT2D eigenvalue weighted by molar-refractivity contribution is -0.107. The molecule has 0 amide bonds. The molecule has 1 aliphatic rings. The molecule has 3 aromatic rings. The average Bonchev–Trinajstić information content (AvgIpc) is 3.22. The van der Waals surface area contributed by atoms with Gasteiger partial charge in [-0.3, -0.25) is 4.68 Å². The molecule has 36 heavy (non-hydrogen) atoms. The van der Waals surface area contributed by atoms with E-state index in [9.17, 15) is 21.6 Å². The van der Waals surface area contributed by atoms with Gasteiger partial charge < -0.3 is 9.47 Å². The first kappa shape index (κ1) is 25.7. The number of nitriles is 1. The summed E-state index contributed by atoms with van der Waals surface area (Å²) in [4.78, 5) is 0. The van der Waals surface area contributed by atoms with Crippen LogP contribution < -0.4 is 9.46 Å². The summed E-state index contributed by atoms with van der Waals surface area (Å²) < 4.78 is 77.5. The molecule has 0 unspecified atom stereocenters. The molecule has 0 saturated carbocycles. The summed E-state index contributed by atoms with van der Waals surface area (Å²) >= 11 is 0. The van der Waals surface area contributed by atoms with Crippen LogP contribution in [-0.2, 0) is 33.5 Å². The lowest BCUT2D eigenvalue weighted by atomic mass is 9.88. The standard InChI is InChI=1S/C24H23F3N4O4S/c1-2-31-20(13-35-21-8-6-17(12-28)7-9-21)11-22(29-31)18-4-3-5-19(10-18)23(14-34-15-23)30-36(32,33)16-24(25,26)27/h3-11,30H,2,13-16H2,1H3. The molecule has 0 aliphatic carbocycles. The molecule has 0 bridgehead atoms. The van der Waals surface area contributed by atoms with Gasteiger partial charge in [0.15, 0.2) is 5.75 Å². The molecular weight excluding hydrogens is 497 g/mol. The number of ether oxygens (including phenoxy) is 2. The first-order valence-corrected chi connectivity index (χ1v) is 12.6. The van der Waals surface area contributed by atoms with Gasteiger partial charge in [-0.25, -0.2) is 8.42 Å². The van der Waals surface area contributed by atoms with Crippen molar-refractivity contribution in [3.63, 3.8) is 0 Å². The smallest absolute Gasteiger partial charge is 0.404 e. The van der Waals surface area contributed by atoms with Crippen LogP contribution in [0.3, 0.4) is 0 Å². The van der Waals surface area contributed by atoms with Crippen molar-refractivity contribution >= 4 is 10.0 Å². The SMILES string of the molecule is CCn1nc(-c2cccc(C3(NS(=O)(=O)CC(F)(F)F)COC3)c2)cc1COc1ccc(C#N)cc1. The van der Waals surface area contributed by atoms with Crippen LogP contribution in [0.25, 0.3) is 11.3 Å². The number of halogens is 3. The van der Waals surface area contributed by atoms with E-state index in [0.717, 1.165) is 5.69 Å². The second-order valence-electron chi connectivity index (χ2n) is 8.39. The van der Waals surface area contributed by atoms with Crippen molar-refractivity contribution in [2.45, 2.75) is 31.8 Å². The van der Waals surface area contributed by atoms with Crippen LogP contribution in [0.4, 0.5) is 13.2 Å². The Balaban J connectivity index is 1.56. The molecule has 4 rings (SSSR count). The Hall–Kier alpha value is -3.40. The number of hydrogen-bond acceptors (Lipinski definition) is 6. The molecule has 1 fully saturated rings. The Labute approximate surface area is 206 Å². The molecule has 8 nitrogen and oxygen atoms in total. The van der Waals surface area contributed by atoms with Crippen LogP contribution in [0.2, 0.25) is 0 Å². The number of sulfonamides is 1. The number of aryl methyl sites for hydroxylation is 1. The summed E-state index contributed by atoms with van der Waals surface area (Å²) in [7, 11) is -4.64. The maximum Gasteiger partial charge on any atom is 0.404 e. The summed E-state index contributed by atoms with van der Waals surface area (Å²) in [5.41, 5.74) is 1.78. The average molecular weight is 521 g/mol. The Morgan fingerprint density at radius 1 is 1.19 bits per heavy atom. The second kappa shape index (κ2) is 9.93. The van der Waals surface area contributed by atoms with Gasteiger partial charge >= 0.3 is 6.18 Å². The van der Waals surface area contributed by atoms with E-state index < -0.39 is 27.5 Å². The largest absolute Gasteiger partial charge is 0.487 e. The van der Waals surface area contributed by atoms with Gasteiger partial charge in [0.05, 0.1) is 36.2 Å². The van der Waals surface area contributed by atoms with E-state index in [1.807, 2.05) is 19.1 Å². The van der Waals surface area contributed by atoms with Crippen molar-refractivity contribution in [2.24, 2.45) is 0 Å². The number of nitrogens with one attached hydrogen (secondary N) is 1. The normalized spacial score (nSPS) is 15.2. The van der Waals surface area contributed by atoms with E-state index in [1.54, 1.807) is 53.2 Å². The predicted molar refractivity (Wildman–Crippen MR) is 124 cm³/mol. The predicted octanol–water partition coefficient (Wildman–Crippen LogP) is 3.73. The van der Waals surface area contributed by atoms with E-state index >= 15 is 0 Å². The topological polar surface area (TPSA) is 106 Å². The molecule has 1 saturated heterocycles. The highest BCUT2D eigenvalue weighted by molar-refractivity contribution is 7.89. The maximum atomic E-state index is 12.7. The van der Waals surface area contributed by atoms with Crippen molar-refractivity contribution in [3.05, 3.63) is 71.4 Å². The molecule has 1 aliphatic heterocycles. The minimum Gasteiger partial charge on any atom is -0.487 e. The lowest BCUT2D eigenvalue weighted by Crippen LogP contribution is -2.60. The Bertz CT molecular complexity index is 1380. The highest BCUT2D eigenvalue weighted by atomic mass is 32.2. The third-order valence-corrected chi connectivity index (χ3v) is 7.05. The number of alkyl halides is 3. The molecule has 2 heterocycles. The highest BCUT2D eigenvalue weighted by Gasteiger charge is 2.46. The van der Waals surface area contributed by atoms with Gasteiger partial charge in [-0.1, -0.05) is 18.2 Å². The Kier molecular flexibility index (Phi) is 7.08. The van der Waals surface area contributed by atoms with Gasteiger partial charge in [-0.2, -0.15) is 28.3 Å². The van der Waals surface area contributed by atoms with Crippen molar-refractivity contribution in [2.75, 3.05) is 19.0 Å². The van der Waals surface area contributed by atoms with Gasteiger partial charge in [-0.05, 0) is 48.9 Å². The zero-order valence-electron chi connectivity index (χ0n) is 19.2. The van der Waals surface area contributed by atoms with Gasteiger partial charge in [0.25, 0.3) is 0 Å². The molecule has 0 atom stereocenters. The fraction of sp³-hybridized carbons (Fsp3) is 0.333. The number of nitrogens with zero attached hydrogens (tertiary/aromatic N) is 3. The minimum atomic E-state index is -4.86. The fourth-order valence-corrected chi connectivity index (χ4v) is 5.22. The number of benzene rings is 2. The Morgan fingerprint density at radius 2 is 1.92 bits per heavy atom. The van der Waals surface area contributed by atoms with Crippen LogP contribution in [0, 0.1) is 11.3 Å². The van der Waals surface area contributed by atoms with Crippen LogP contribution >= 0.6 is 0 Å². The van der Waals surface area contributed by atoms with Crippen molar-refractivity contribution in [1.29, 1.82) is 5.26 Å². The Morgan fingerprint density at radius 3 is 2.50 bits per heavy atom. The van der Waals surface area contributed by atoms with E-state index in [1.165, 1.54) is 0 Å².